The van der Waals surface area contributed by atoms with Gasteiger partial charge in [0.2, 0.25) is 11.8 Å². The number of amides is 2. The average Bonchev–Trinajstić information content (AvgIpc) is 3.22. The van der Waals surface area contributed by atoms with Crippen LogP contribution in [0.4, 0.5) is 0 Å². The molecule has 0 spiro atoms. The van der Waals surface area contributed by atoms with E-state index >= 15 is 0 Å². The largest absolute Gasteiger partial charge is 0.465 e. The van der Waals surface area contributed by atoms with Gasteiger partial charge in [0, 0.05) is 29.6 Å². The number of carbonyl (C=O) groups excluding carboxylic acids is 3. The van der Waals surface area contributed by atoms with Crippen molar-refractivity contribution in [3.63, 3.8) is 0 Å². The van der Waals surface area contributed by atoms with Crippen LogP contribution in [0.3, 0.4) is 0 Å². The molecule has 0 unspecified atom stereocenters. The van der Waals surface area contributed by atoms with Crippen LogP contribution in [0.1, 0.15) is 53.0 Å². The fourth-order valence-electron chi connectivity index (χ4n) is 5.13. The van der Waals surface area contributed by atoms with Crippen molar-refractivity contribution in [3.05, 3.63) is 70.9 Å². The van der Waals surface area contributed by atoms with Gasteiger partial charge in [-0.05, 0) is 35.7 Å². The first-order valence-corrected chi connectivity index (χ1v) is 11.4. The number of rotatable bonds is 5. The normalized spacial score (nSPS) is 20.1. The van der Waals surface area contributed by atoms with Gasteiger partial charge < -0.3 is 19.5 Å². The molecule has 2 aromatic carbocycles. The number of nitrogens with zero attached hydrogens (tertiary/aromatic N) is 2. The van der Waals surface area contributed by atoms with Crippen molar-refractivity contribution in [2.24, 2.45) is 0 Å². The third-order valence-electron chi connectivity index (χ3n) is 6.77. The lowest BCUT2D eigenvalue weighted by Crippen LogP contribution is -2.63. The highest BCUT2D eigenvalue weighted by Gasteiger charge is 2.48. The number of unbranched alkanes of at least 4 members (excludes halogenated alkanes) is 1. The Labute approximate surface area is 192 Å². The van der Waals surface area contributed by atoms with E-state index in [2.05, 4.69) is 18.0 Å². The summed E-state index contributed by atoms with van der Waals surface area (Å²) >= 11 is 0. The average molecular weight is 446 g/mol. The molecule has 33 heavy (non-hydrogen) atoms. The molecular formula is C26H27N3O4. The van der Waals surface area contributed by atoms with E-state index in [0.717, 1.165) is 40.6 Å². The van der Waals surface area contributed by atoms with Gasteiger partial charge in [-0.2, -0.15) is 0 Å². The minimum atomic E-state index is -0.542. The highest BCUT2D eigenvalue weighted by molar-refractivity contribution is 5.97. The molecule has 0 aliphatic carbocycles. The molecule has 1 aromatic heterocycles. The summed E-state index contributed by atoms with van der Waals surface area (Å²) < 4.78 is 4.82. The highest BCUT2D eigenvalue weighted by atomic mass is 16.5. The number of hydrogen-bond donors (Lipinski definition) is 1. The van der Waals surface area contributed by atoms with E-state index in [0.29, 0.717) is 18.5 Å². The van der Waals surface area contributed by atoms with Crippen LogP contribution >= 0.6 is 0 Å². The number of fused-ring (bicyclic) bond motifs is 4. The van der Waals surface area contributed by atoms with Crippen LogP contribution in [0.5, 0.6) is 0 Å². The molecule has 3 heterocycles. The maximum Gasteiger partial charge on any atom is 0.337 e. The summed E-state index contributed by atoms with van der Waals surface area (Å²) in [5.41, 5.74) is 4.29. The van der Waals surface area contributed by atoms with Gasteiger partial charge in [0.05, 0.1) is 25.3 Å². The number of benzene rings is 2. The second-order valence-corrected chi connectivity index (χ2v) is 8.71. The third-order valence-corrected chi connectivity index (χ3v) is 6.77. The Morgan fingerprint density at radius 3 is 2.61 bits per heavy atom. The number of methoxy groups -OCH3 is 1. The van der Waals surface area contributed by atoms with E-state index in [9.17, 15) is 14.4 Å². The number of carbonyl (C=O) groups is 3. The SMILES string of the molecule is CCCCN1CC(=O)N2[C@H](c3ccc(C(=O)OC)cc3)c3[nH]c4ccccc4c3C[C@H]2C1=O. The molecule has 2 amide bonds. The Kier molecular flexibility index (Phi) is 5.40. The summed E-state index contributed by atoms with van der Waals surface area (Å²) in [6.45, 7) is 2.78. The zero-order valence-electron chi connectivity index (χ0n) is 18.8. The van der Waals surface area contributed by atoms with Crippen molar-refractivity contribution in [3.8, 4) is 0 Å². The van der Waals surface area contributed by atoms with Gasteiger partial charge in [-0.25, -0.2) is 4.79 Å². The third kappa shape index (κ3) is 3.48. The van der Waals surface area contributed by atoms with Gasteiger partial charge in [-0.3, -0.25) is 9.59 Å². The van der Waals surface area contributed by atoms with Gasteiger partial charge in [0.25, 0.3) is 0 Å². The van der Waals surface area contributed by atoms with Gasteiger partial charge in [-0.15, -0.1) is 0 Å². The number of nitrogens with one attached hydrogen (secondary N) is 1. The van der Waals surface area contributed by atoms with Crippen LogP contribution in [0.25, 0.3) is 10.9 Å². The quantitative estimate of drug-likeness (QED) is 0.610. The molecule has 0 bridgehead atoms. The lowest BCUT2D eigenvalue weighted by Gasteiger charge is -2.47. The summed E-state index contributed by atoms with van der Waals surface area (Å²) in [7, 11) is 1.35. The highest BCUT2D eigenvalue weighted by Crippen LogP contribution is 2.42. The predicted molar refractivity (Wildman–Crippen MR) is 124 cm³/mol. The Balaban J connectivity index is 1.63. The van der Waals surface area contributed by atoms with E-state index in [1.807, 2.05) is 30.3 Å². The molecule has 170 valence electrons. The monoisotopic (exact) mass is 445 g/mol. The molecule has 2 aliphatic rings. The fourth-order valence-corrected chi connectivity index (χ4v) is 5.13. The molecule has 0 radical (unpaired) electrons. The number of esters is 1. The summed E-state index contributed by atoms with van der Waals surface area (Å²) in [6, 6.07) is 14.2. The second-order valence-electron chi connectivity index (χ2n) is 8.71. The number of H-pyrrole nitrogens is 1. The maximum absolute atomic E-state index is 13.5. The lowest BCUT2D eigenvalue weighted by molar-refractivity contribution is -0.158. The first-order valence-electron chi connectivity index (χ1n) is 11.4. The molecule has 1 fully saturated rings. The summed E-state index contributed by atoms with van der Waals surface area (Å²) in [5.74, 6) is -0.456. The summed E-state index contributed by atoms with van der Waals surface area (Å²) in [6.07, 6.45) is 2.33. The smallest absolute Gasteiger partial charge is 0.337 e. The van der Waals surface area contributed by atoms with Gasteiger partial charge in [0.15, 0.2) is 0 Å². The minimum Gasteiger partial charge on any atom is -0.465 e. The fraction of sp³-hybridized carbons (Fsp3) is 0.346. The van der Waals surface area contributed by atoms with Crippen LogP contribution in [-0.4, -0.2) is 58.8 Å². The van der Waals surface area contributed by atoms with Crippen molar-refractivity contribution in [1.29, 1.82) is 0 Å². The van der Waals surface area contributed by atoms with Gasteiger partial charge >= 0.3 is 5.97 Å². The van der Waals surface area contributed by atoms with Crippen LogP contribution in [0, 0.1) is 0 Å². The van der Waals surface area contributed by atoms with E-state index in [-0.39, 0.29) is 18.4 Å². The van der Waals surface area contributed by atoms with E-state index < -0.39 is 18.1 Å². The number of aromatic nitrogens is 1. The van der Waals surface area contributed by atoms with Crippen molar-refractivity contribution in [2.75, 3.05) is 20.2 Å². The molecule has 2 aliphatic heterocycles. The van der Waals surface area contributed by atoms with Crippen LogP contribution < -0.4 is 0 Å². The molecule has 7 heteroatoms. The lowest BCUT2D eigenvalue weighted by atomic mass is 9.86. The Morgan fingerprint density at radius 2 is 1.88 bits per heavy atom. The number of piperazine rings is 1. The maximum atomic E-state index is 13.5. The molecule has 3 aromatic rings. The molecule has 7 nitrogen and oxygen atoms in total. The second kappa shape index (κ2) is 8.39. The van der Waals surface area contributed by atoms with E-state index in [1.54, 1.807) is 21.9 Å². The van der Waals surface area contributed by atoms with Crippen molar-refractivity contribution >= 4 is 28.7 Å². The standard InChI is InChI=1S/C26H27N3O4/c1-3-4-13-28-15-22(30)29-21(25(28)31)14-19-18-7-5-6-8-20(18)27-23(19)24(29)16-9-11-17(12-10-16)26(32)33-2/h5-12,21,24,27H,3-4,13-15H2,1-2H3/t21-,24+/m0/s1. The number of hydrogen-bond acceptors (Lipinski definition) is 4. The molecule has 0 saturated carbocycles. The van der Waals surface area contributed by atoms with Gasteiger partial charge in [0.1, 0.15) is 6.04 Å². The zero-order chi connectivity index (χ0) is 23.1. The molecular weight excluding hydrogens is 418 g/mol. The molecule has 2 atom stereocenters. The zero-order valence-corrected chi connectivity index (χ0v) is 18.8. The topological polar surface area (TPSA) is 82.7 Å². The Morgan fingerprint density at radius 1 is 1.12 bits per heavy atom. The van der Waals surface area contributed by atoms with Crippen molar-refractivity contribution in [2.45, 2.75) is 38.3 Å². The van der Waals surface area contributed by atoms with Crippen molar-refractivity contribution in [1.82, 2.24) is 14.8 Å². The summed E-state index contributed by atoms with van der Waals surface area (Å²) in [4.78, 5) is 45.8. The molecule has 5 rings (SSSR count). The molecule has 1 saturated heterocycles. The Hall–Kier alpha value is -3.61. The molecule has 1 N–H and O–H groups in total. The van der Waals surface area contributed by atoms with Crippen LogP contribution in [0.2, 0.25) is 0 Å². The number of ether oxygens (including phenoxy) is 1. The van der Waals surface area contributed by atoms with E-state index in [1.165, 1.54) is 7.11 Å². The van der Waals surface area contributed by atoms with Crippen LogP contribution in [-0.2, 0) is 20.7 Å². The van der Waals surface area contributed by atoms with Crippen molar-refractivity contribution < 1.29 is 19.1 Å². The van der Waals surface area contributed by atoms with Crippen LogP contribution in [0.15, 0.2) is 48.5 Å². The first-order chi connectivity index (χ1) is 16.0. The first kappa shape index (κ1) is 21.2. The Bertz CT molecular complexity index is 1230. The van der Waals surface area contributed by atoms with E-state index in [4.69, 9.17) is 4.74 Å². The number of para-hydroxylation sites is 1. The number of aromatic amines is 1. The predicted octanol–water partition coefficient (Wildman–Crippen LogP) is 3.44. The summed E-state index contributed by atoms with van der Waals surface area (Å²) in [5, 5.41) is 1.08. The van der Waals surface area contributed by atoms with Gasteiger partial charge in [-0.1, -0.05) is 43.7 Å². The minimum absolute atomic E-state index is 0.00941.